The molecule has 0 atom stereocenters. The number of hydrazine groups is 1. The summed E-state index contributed by atoms with van der Waals surface area (Å²) in [5.41, 5.74) is 3.95. The highest BCUT2D eigenvalue weighted by atomic mass is 16.5. The number of nitrogens with one attached hydrogen (secondary N) is 1. The Morgan fingerprint density at radius 2 is 2.11 bits per heavy atom. The lowest BCUT2D eigenvalue weighted by Crippen LogP contribution is -2.41. The molecule has 1 fully saturated rings. The third kappa shape index (κ3) is 3.52. The summed E-state index contributed by atoms with van der Waals surface area (Å²) in [7, 11) is 0. The number of hydrogen-bond donors (Lipinski definition) is 2. The molecule has 19 heavy (non-hydrogen) atoms. The van der Waals surface area contributed by atoms with Gasteiger partial charge in [-0.3, -0.25) is 15.0 Å². The van der Waals surface area contributed by atoms with Gasteiger partial charge in [-0.25, -0.2) is 5.84 Å². The molecule has 0 unspecified atom stereocenters. The highest BCUT2D eigenvalue weighted by Crippen LogP contribution is 2.14. The van der Waals surface area contributed by atoms with E-state index in [9.17, 15) is 9.59 Å². The minimum absolute atomic E-state index is 0.0238. The van der Waals surface area contributed by atoms with Crippen molar-refractivity contribution < 1.29 is 14.3 Å². The molecule has 0 saturated carbocycles. The zero-order valence-electron chi connectivity index (χ0n) is 10.6. The number of rotatable bonds is 4. The van der Waals surface area contributed by atoms with Crippen LogP contribution in [-0.2, 0) is 27.3 Å². The van der Waals surface area contributed by atoms with Gasteiger partial charge in [0.1, 0.15) is 6.61 Å². The van der Waals surface area contributed by atoms with Crippen LogP contribution in [0.2, 0.25) is 0 Å². The maximum absolute atomic E-state index is 11.7. The van der Waals surface area contributed by atoms with Crippen molar-refractivity contribution in [2.24, 2.45) is 5.84 Å². The number of nitrogens with zero attached hydrogens (tertiary/aromatic N) is 1. The van der Waals surface area contributed by atoms with E-state index in [1.165, 1.54) is 0 Å². The van der Waals surface area contributed by atoms with Gasteiger partial charge < -0.3 is 9.64 Å². The van der Waals surface area contributed by atoms with Crippen molar-refractivity contribution in [2.45, 2.75) is 13.0 Å². The van der Waals surface area contributed by atoms with Gasteiger partial charge in [0.15, 0.2) is 0 Å². The van der Waals surface area contributed by atoms with Crippen molar-refractivity contribution in [1.82, 2.24) is 10.3 Å². The number of morpholine rings is 1. The number of carbonyl (C=O) groups is 2. The summed E-state index contributed by atoms with van der Waals surface area (Å²) in [5.74, 6) is 4.82. The van der Waals surface area contributed by atoms with E-state index in [-0.39, 0.29) is 24.8 Å². The molecular formula is C13H17N3O3. The molecule has 1 aliphatic rings. The topological polar surface area (TPSA) is 84.7 Å². The van der Waals surface area contributed by atoms with Crippen LogP contribution in [0.4, 0.5) is 0 Å². The van der Waals surface area contributed by atoms with Gasteiger partial charge in [-0.2, -0.15) is 0 Å². The molecule has 1 aromatic carbocycles. The first-order chi connectivity index (χ1) is 9.20. The average molecular weight is 263 g/mol. The van der Waals surface area contributed by atoms with Crippen LogP contribution in [0.3, 0.4) is 0 Å². The van der Waals surface area contributed by atoms with Gasteiger partial charge in [-0.05, 0) is 11.1 Å². The first kappa shape index (κ1) is 13.5. The molecule has 1 saturated heterocycles. The average Bonchev–Trinajstić information content (AvgIpc) is 2.43. The molecule has 1 aliphatic heterocycles. The van der Waals surface area contributed by atoms with Gasteiger partial charge in [0.25, 0.3) is 0 Å². The Kier molecular flexibility index (Phi) is 4.48. The highest BCUT2D eigenvalue weighted by Gasteiger charge is 2.19. The van der Waals surface area contributed by atoms with Crippen molar-refractivity contribution in [3.63, 3.8) is 0 Å². The normalized spacial score (nSPS) is 15.4. The van der Waals surface area contributed by atoms with Crippen LogP contribution >= 0.6 is 0 Å². The Balaban J connectivity index is 2.10. The highest BCUT2D eigenvalue weighted by molar-refractivity contribution is 5.79. The van der Waals surface area contributed by atoms with Crippen LogP contribution < -0.4 is 11.3 Å². The van der Waals surface area contributed by atoms with Crippen molar-refractivity contribution >= 4 is 11.8 Å². The molecule has 3 N–H and O–H groups in total. The Morgan fingerprint density at radius 1 is 1.37 bits per heavy atom. The van der Waals surface area contributed by atoms with Crippen LogP contribution in [-0.4, -0.2) is 36.5 Å². The minimum Gasteiger partial charge on any atom is -0.370 e. The predicted octanol–water partition coefficient (Wildman–Crippen LogP) is -0.422. The van der Waals surface area contributed by atoms with E-state index in [1.54, 1.807) is 4.90 Å². The van der Waals surface area contributed by atoms with E-state index in [4.69, 9.17) is 10.6 Å². The second-order valence-corrected chi connectivity index (χ2v) is 4.38. The molecule has 102 valence electrons. The number of ether oxygens (including phenoxy) is 1. The molecule has 0 bridgehead atoms. The Hall–Kier alpha value is -1.92. The van der Waals surface area contributed by atoms with Gasteiger partial charge in [0.05, 0.1) is 13.0 Å². The maximum atomic E-state index is 11.7. The van der Waals surface area contributed by atoms with Crippen molar-refractivity contribution in [1.29, 1.82) is 0 Å². The molecule has 1 aromatic rings. The van der Waals surface area contributed by atoms with E-state index < -0.39 is 0 Å². The summed E-state index contributed by atoms with van der Waals surface area (Å²) < 4.78 is 5.09. The molecule has 0 aliphatic carbocycles. The number of hydrogen-bond acceptors (Lipinski definition) is 4. The largest absolute Gasteiger partial charge is 0.370 e. The second-order valence-electron chi connectivity index (χ2n) is 4.38. The van der Waals surface area contributed by atoms with Crippen molar-refractivity contribution in [2.75, 3.05) is 19.8 Å². The van der Waals surface area contributed by atoms with Crippen LogP contribution in [0.25, 0.3) is 0 Å². The Morgan fingerprint density at radius 3 is 2.79 bits per heavy atom. The zero-order valence-corrected chi connectivity index (χ0v) is 10.6. The fraction of sp³-hybridized carbons (Fsp3) is 0.385. The summed E-state index contributed by atoms with van der Waals surface area (Å²) in [6, 6.07) is 7.55. The molecule has 6 heteroatoms. The minimum atomic E-state index is -0.249. The summed E-state index contributed by atoms with van der Waals surface area (Å²) in [4.78, 5) is 24.8. The molecule has 0 spiro atoms. The van der Waals surface area contributed by atoms with Gasteiger partial charge in [-0.15, -0.1) is 0 Å². The fourth-order valence-corrected chi connectivity index (χ4v) is 2.03. The lowest BCUT2D eigenvalue weighted by molar-refractivity contribution is -0.143. The monoisotopic (exact) mass is 263 g/mol. The molecular weight excluding hydrogens is 246 g/mol. The molecule has 6 nitrogen and oxygen atoms in total. The van der Waals surface area contributed by atoms with Crippen molar-refractivity contribution in [3.05, 3.63) is 35.4 Å². The first-order valence-electron chi connectivity index (χ1n) is 6.12. The SMILES string of the molecule is NNC(=O)Cc1ccccc1CN1CCOCC1=O. The van der Waals surface area contributed by atoms with Gasteiger partial charge >= 0.3 is 0 Å². The smallest absolute Gasteiger partial charge is 0.248 e. The second kappa shape index (κ2) is 6.31. The summed E-state index contributed by atoms with van der Waals surface area (Å²) in [6.45, 7) is 1.76. The van der Waals surface area contributed by atoms with Crippen LogP contribution in [0.5, 0.6) is 0 Å². The summed E-state index contributed by atoms with van der Waals surface area (Å²) in [6.07, 6.45) is 0.213. The predicted molar refractivity (Wildman–Crippen MR) is 68.7 cm³/mol. The quantitative estimate of drug-likeness (QED) is 0.439. The number of carbonyl (C=O) groups excluding carboxylic acids is 2. The molecule has 1 heterocycles. The Bertz CT molecular complexity index is 476. The van der Waals surface area contributed by atoms with Gasteiger partial charge in [0.2, 0.25) is 11.8 Å². The summed E-state index contributed by atoms with van der Waals surface area (Å²) >= 11 is 0. The third-order valence-corrected chi connectivity index (χ3v) is 3.08. The van der Waals surface area contributed by atoms with E-state index in [0.717, 1.165) is 11.1 Å². The number of amides is 2. The maximum Gasteiger partial charge on any atom is 0.248 e. The van der Waals surface area contributed by atoms with E-state index in [0.29, 0.717) is 19.7 Å². The zero-order chi connectivity index (χ0) is 13.7. The van der Waals surface area contributed by atoms with Gasteiger partial charge in [-0.1, -0.05) is 24.3 Å². The number of benzene rings is 1. The summed E-state index contributed by atoms with van der Waals surface area (Å²) in [5, 5.41) is 0. The van der Waals surface area contributed by atoms with Crippen LogP contribution in [0.1, 0.15) is 11.1 Å². The first-order valence-corrected chi connectivity index (χ1v) is 6.12. The van der Waals surface area contributed by atoms with Crippen LogP contribution in [0.15, 0.2) is 24.3 Å². The number of nitrogens with two attached hydrogens (primary N) is 1. The molecule has 2 rings (SSSR count). The van der Waals surface area contributed by atoms with E-state index in [1.807, 2.05) is 24.3 Å². The lowest BCUT2D eigenvalue weighted by atomic mass is 10.0. The molecule has 0 aromatic heterocycles. The van der Waals surface area contributed by atoms with Crippen molar-refractivity contribution in [3.8, 4) is 0 Å². The van der Waals surface area contributed by atoms with E-state index in [2.05, 4.69) is 5.43 Å². The standard InChI is InChI=1S/C13H17N3O3/c14-15-12(17)7-10-3-1-2-4-11(10)8-16-5-6-19-9-13(16)18/h1-4H,5-9,14H2,(H,15,17). The lowest BCUT2D eigenvalue weighted by Gasteiger charge is -2.27. The fourth-order valence-electron chi connectivity index (χ4n) is 2.03. The van der Waals surface area contributed by atoms with Crippen LogP contribution in [0, 0.1) is 0 Å². The molecule has 0 radical (unpaired) electrons. The third-order valence-electron chi connectivity index (χ3n) is 3.08. The van der Waals surface area contributed by atoms with Gasteiger partial charge in [0, 0.05) is 13.1 Å². The Labute approximate surface area is 111 Å². The molecule has 2 amide bonds. The van der Waals surface area contributed by atoms with E-state index >= 15 is 0 Å².